The topological polar surface area (TPSA) is 42.7 Å². The number of rotatable bonds is 6. The molecule has 0 aliphatic carbocycles. The highest BCUT2D eigenvalue weighted by atomic mass is 16.5. The van der Waals surface area contributed by atoms with Crippen molar-refractivity contribution >= 4 is 0 Å². The summed E-state index contributed by atoms with van der Waals surface area (Å²) in [6, 6.07) is 19.5. The van der Waals surface area contributed by atoms with Crippen molar-refractivity contribution in [1.29, 1.82) is 5.26 Å². The van der Waals surface area contributed by atoms with Gasteiger partial charge in [0.1, 0.15) is 5.75 Å². The number of likely N-dealkylation sites (tertiary alicyclic amines) is 1. The number of nitrogens with zero attached hydrogens (tertiary/aromatic N) is 4. The molecule has 0 unspecified atom stereocenters. The van der Waals surface area contributed by atoms with Crippen molar-refractivity contribution in [3.8, 4) is 11.8 Å². The van der Waals surface area contributed by atoms with Crippen LogP contribution in [0.1, 0.15) is 36.0 Å². The van der Waals surface area contributed by atoms with Gasteiger partial charge in [-0.15, -0.1) is 0 Å². The quantitative estimate of drug-likeness (QED) is 0.715. The molecule has 0 amide bonds. The second-order valence-electron chi connectivity index (χ2n) is 8.79. The molecular formula is C26H34N4O. The van der Waals surface area contributed by atoms with Gasteiger partial charge >= 0.3 is 0 Å². The Morgan fingerprint density at radius 3 is 2.35 bits per heavy atom. The average molecular weight is 419 g/mol. The second-order valence-corrected chi connectivity index (χ2v) is 8.79. The Hall–Kier alpha value is -2.39. The fourth-order valence-corrected chi connectivity index (χ4v) is 4.95. The van der Waals surface area contributed by atoms with E-state index in [0.29, 0.717) is 6.04 Å². The normalized spacial score (nSPS) is 19.6. The van der Waals surface area contributed by atoms with Crippen LogP contribution in [0.3, 0.4) is 0 Å². The van der Waals surface area contributed by atoms with Gasteiger partial charge in [-0.2, -0.15) is 5.26 Å². The number of hydrogen-bond donors (Lipinski definition) is 0. The van der Waals surface area contributed by atoms with Crippen LogP contribution in [0.2, 0.25) is 0 Å². The number of ether oxygens (including phenoxy) is 1. The van der Waals surface area contributed by atoms with Crippen LogP contribution in [0.5, 0.6) is 5.75 Å². The van der Waals surface area contributed by atoms with E-state index in [0.717, 1.165) is 49.6 Å². The Bertz CT molecular complexity index is 868. The van der Waals surface area contributed by atoms with Crippen LogP contribution in [0.4, 0.5) is 0 Å². The summed E-state index contributed by atoms with van der Waals surface area (Å²) >= 11 is 0. The van der Waals surface area contributed by atoms with Crippen molar-refractivity contribution in [3.63, 3.8) is 0 Å². The minimum absolute atomic E-state index is 0.707. The molecule has 2 aromatic rings. The maximum atomic E-state index is 9.37. The number of methoxy groups -OCH3 is 1. The van der Waals surface area contributed by atoms with Crippen LogP contribution in [0, 0.1) is 11.3 Å². The molecule has 4 rings (SSSR count). The Morgan fingerprint density at radius 1 is 0.871 bits per heavy atom. The predicted octanol–water partition coefficient (Wildman–Crippen LogP) is 3.74. The molecule has 2 aliphatic rings. The number of nitriles is 1. The Kier molecular flexibility index (Phi) is 7.58. The van der Waals surface area contributed by atoms with Crippen molar-refractivity contribution in [2.75, 3.05) is 46.4 Å². The molecule has 5 heteroatoms. The van der Waals surface area contributed by atoms with Crippen molar-refractivity contribution in [1.82, 2.24) is 14.7 Å². The van der Waals surface area contributed by atoms with E-state index in [1.807, 2.05) is 18.2 Å². The van der Waals surface area contributed by atoms with Gasteiger partial charge < -0.3 is 4.74 Å². The molecule has 0 spiro atoms. The van der Waals surface area contributed by atoms with Gasteiger partial charge in [-0.3, -0.25) is 14.7 Å². The Balaban J connectivity index is 1.24. The smallest absolute Gasteiger partial charge is 0.118 e. The summed E-state index contributed by atoms with van der Waals surface area (Å²) in [5.74, 6) is 0.925. The maximum Gasteiger partial charge on any atom is 0.118 e. The molecule has 0 radical (unpaired) electrons. The molecule has 0 atom stereocenters. The molecule has 164 valence electrons. The first kappa shape index (κ1) is 21.8. The second kappa shape index (κ2) is 10.8. The van der Waals surface area contributed by atoms with Crippen LogP contribution < -0.4 is 4.74 Å². The molecule has 2 aromatic carbocycles. The summed E-state index contributed by atoms with van der Waals surface area (Å²) in [7, 11) is 1.72. The lowest BCUT2D eigenvalue weighted by atomic mass is 10.0. The lowest BCUT2D eigenvalue weighted by molar-refractivity contribution is 0.106. The van der Waals surface area contributed by atoms with Crippen molar-refractivity contribution in [3.05, 3.63) is 65.2 Å². The molecule has 0 aromatic heterocycles. The third-order valence-electron chi connectivity index (χ3n) is 6.79. The van der Waals surface area contributed by atoms with E-state index in [-0.39, 0.29) is 0 Å². The van der Waals surface area contributed by atoms with E-state index in [2.05, 4.69) is 51.1 Å². The maximum absolute atomic E-state index is 9.37. The van der Waals surface area contributed by atoms with Gasteiger partial charge in [0, 0.05) is 32.2 Å². The molecule has 2 aliphatic heterocycles. The first-order valence-corrected chi connectivity index (χ1v) is 11.5. The lowest BCUT2D eigenvalue weighted by Gasteiger charge is -2.38. The van der Waals surface area contributed by atoms with E-state index in [4.69, 9.17) is 4.74 Å². The molecule has 0 saturated carbocycles. The van der Waals surface area contributed by atoms with Gasteiger partial charge in [0.25, 0.3) is 0 Å². The standard InChI is InChI=1S/C26H34N4O/c1-31-26-9-7-22(8-10-26)20-29-15-11-25(12-16-29)30-14-4-13-28(17-18-30)21-24-6-3-2-5-23(24)19-27/h2-3,5-10,25H,4,11-18,20-21H2,1H3. The third kappa shape index (κ3) is 5.86. The molecular weight excluding hydrogens is 384 g/mol. The van der Waals surface area contributed by atoms with E-state index >= 15 is 0 Å². The largest absolute Gasteiger partial charge is 0.497 e. The van der Waals surface area contributed by atoms with Gasteiger partial charge in [0.15, 0.2) is 0 Å². The fourth-order valence-electron chi connectivity index (χ4n) is 4.95. The third-order valence-corrected chi connectivity index (χ3v) is 6.79. The predicted molar refractivity (Wildman–Crippen MR) is 124 cm³/mol. The average Bonchev–Trinajstić information content (AvgIpc) is 3.06. The zero-order chi connectivity index (χ0) is 21.5. The molecule has 0 N–H and O–H groups in total. The summed E-state index contributed by atoms with van der Waals surface area (Å²) in [6.07, 6.45) is 3.72. The zero-order valence-electron chi connectivity index (χ0n) is 18.7. The monoisotopic (exact) mass is 418 g/mol. The number of benzene rings is 2. The highest BCUT2D eigenvalue weighted by Gasteiger charge is 2.26. The van der Waals surface area contributed by atoms with Crippen LogP contribution in [-0.2, 0) is 13.1 Å². The van der Waals surface area contributed by atoms with E-state index in [9.17, 15) is 5.26 Å². The molecule has 2 heterocycles. The van der Waals surface area contributed by atoms with Gasteiger partial charge in [-0.1, -0.05) is 30.3 Å². The van der Waals surface area contributed by atoms with Crippen LogP contribution >= 0.6 is 0 Å². The van der Waals surface area contributed by atoms with Crippen molar-refractivity contribution in [2.24, 2.45) is 0 Å². The first-order valence-electron chi connectivity index (χ1n) is 11.5. The zero-order valence-corrected chi connectivity index (χ0v) is 18.7. The van der Waals surface area contributed by atoms with Gasteiger partial charge in [0.2, 0.25) is 0 Å². The van der Waals surface area contributed by atoms with E-state index in [1.54, 1.807) is 7.11 Å². The highest BCUT2D eigenvalue weighted by Crippen LogP contribution is 2.21. The summed E-state index contributed by atoms with van der Waals surface area (Å²) in [6.45, 7) is 8.80. The molecule has 2 saturated heterocycles. The fraction of sp³-hybridized carbons (Fsp3) is 0.500. The molecule has 31 heavy (non-hydrogen) atoms. The Morgan fingerprint density at radius 2 is 1.61 bits per heavy atom. The highest BCUT2D eigenvalue weighted by molar-refractivity contribution is 5.37. The number of hydrogen-bond acceptors (Lipinski definition) is 5. The lowest BCUT2D eigenvalue weighted by Crippen LogP contribution is -2.45. The summed E-state index contributed by atoms with van der Waals surface area (Å²) in [5, 5.41) is 9.37. The Labute approximate surface area is 186 Å². The van der Waals surface area contributed by atoms with Crippen molar-refractivity contribution in [2.45, 2.75) is 38.4 Å². The van der Waals surface area contributed by atoms with Crippen LogP contribution in [-0.4, -0.2) is 67.1 Å². The van der Waals surface area contributed by atoms with Crippen molar-refractivity contribution < 1.29 is 4.74 Å². The minimum atomic E-state index is 0.707. The molecule has 2 fully saturated rings. The number of piperidine rings is 1. The summed E-state index contributed by atoms with van der Waals surface area (Å²) in [4.78, 5) is 7.83. The molecule has 0 bridgehead atoms. The van der Waals surface area contributed by atoms with E-state index < -0.39 is 0 Å². The van der Waals surface area contributed by atoms with Gasteiger partial charge in [-0.25, -0.2) is 0 Å². The van der Waals surface area contributed by atoms with E-state index in [1.165, 1.54) is 44.5 Å². The summed E-state index contributed by atoms with van der Waals surface area (Å²) in [5.41, 5.74) is 3.33. The SMILES string of the molecule is COc1ccc(CN2CCC(N3CCCN(Cc4ccccc4C#N)CC3)CC2)cc1. The van der Waals surface area contributed by atoms with Gasteiger partial charge in [0.05, 0.1) is 18.7 Å². The first-order chi connectivity index (χ1) is 15.2. The molecule has 5 nitrogen and oxygen atoms in total. The van der Waals surface area contributed by atoms with Crippen LogP contribution in [0.25, 0.3) is 0 Å². The summed E-state index contributed by atoms with van der Waals surface area (Å²) < 4.78 is 5.27. The van der Waals surface area contributed by atoms with Gasteiger partial charge in [-0.05, 0) is 74.8 Å². The minimum Gasteiger partial charge on any atom is -0.497 e. The van der Waals surface area contributed by atoms with Crippen LogP contribution in [0.15, 0.2) is 48.5 Å².